The zero-order valence-electron chi connectivity index (χ0n) is 22.4. The van der Waals surface area contributed by atoms with Crippen LogP contribution in [0.2, 0.25) is 0 Å². The molecule has 196 valence electrons. The first-order valence-electron chi connectivity index (χ1n) is 13.6. The fraction of sp³-hybridized carbons (Fsp3) is 0.893. The maximum Gasteiger partial charge on any atom is 0.407 e. The van der Waals surface area contributed by atoms with E-state index >= 15 is 0 Å². The molecule has 0 aliphatic heterocycles. The molecular weight excluding hydrogens is 430 g/mol. The SMILES string of the molecule is CC(C)OC(=O)NCC1(C)CC(CC(=O)OCCCCC(=O)CC2CCCCC2)CC(C)(C)C1. The van der Waals surface area contributed by atoms with Crippen LogP contribution >= 0.6 is 0 Å². The van der Waals surface area contributed by atoms with Crippen molar-refractivity contribution in [1.29, 1.82) is 0 Å². The topological polar surface area (TPSA) is 81.7 Å². The van der Waals surface area contributed by atoms with Crippen LogP contribution in [0.3, 0.4) is 0 Å². The number of amides is 1. The number of rotatable bonds is 12. The van der Waals surface area contributed by atoms with Crippen LogP contribution in [0.15, 0.2) is 0 Å². The third-order valence-corrected chi connectivity index (χ3v) is 7.34. The molecule has 2 aliphatic carbocycles. The van der Waals surface area contributed by atoms with Crippen molar-refractivity contribution >= 4 is 17.8 Å². The number of carbonyl (C=O) groups is 3. The van der Waals surface area contributed by atoms with Gasteiger partial charge < -0.3 is 14.8 Å². The van der Waals surface area contributed by atoms with Crippen LogP contribution in [0.4, 0.5) is 4.79 Å². The highest BCUT2D eigenvalue weighted by atomic mass is 16.6. The number of ketones is 1. The summed E-state index contributed by atoms with van der Waals surface area (Å²) in [6, 6.07) is 0. The fourth-order valence-electron chi connectivity index (χ4n) is 6.39. The largest absolute Gasteiger partial charge is 0.466 e. The second-order valence-electron chi connectivity index (χ2n) is 12.4. The molecule has 0 spiro atoms. The van der Waals surface area contributed by atoms with E-state index in [1.807, 2.05) is 13.8 Å². The minimum atomic E-state index is -0.382. The van der Waals surface area contributed by atoms with Gasteiger partial charge >= 0.3 is 12.1 Å². The van der Waals surface area contributed by atoms with Crippen LogP contribution in [0.1, 0.15) is 118 Å². The molecule has 2 rings (SSSR count). The first kappa shape index (κ1) is 28.6. The zero-order chi connectivity index (χ0) is 25.2. The second kappa shape index (κ2) is 13.5. The smallest absolute Gasteiger partial charge is 0.407 e. The van der Waals surface area contributed by atoms with Crippen molar-refractivity contribution in [1.82, 2.24) is 5.32 Å². The van der Waals surface area contributed by atoms with E-state index in [1.54, 1.807) is 0 Å². The lowest BCUT2D eigenvalue weighted by Gasteiger charge is -2.46. The molecule has 2 saturated carbocycles. The average Bonchev–Trinajstić information content (AvgIpc) is 2.71. The van der Waals surface area contributed by atoms with Crippen molar-refractivity contribution < 1.29 is 23.9 Å². The van der Waals surface area contributed by atoms with E-state index in [0.717, 1.165) is 38.5 Å². The Kier molecular flexibility index (Phi) is 11.4. The maximum absolute atomic E-state index is 12.5. The highest BCUT2D eigenvalue weighted by Gasteiger charge is 2.42. The van der Waals surface area contributed by atoms with Gasteiger partial charge in [0.15, 0.2) is 0 Å². The number of hydrogen-bond acceptors (Lipinski definition) is 5. The van der Waals surface area contributed by atoms with Gasteiger partial charge in [0.05, 0.1) is 12.7 Å². The van der Waals surface area contributed by atoms with Crippen LogP contribution in [0.25, 0.3) is 0 Å². The molecule has 0 aromatic heterocycles. The third-order valence-electron chi connectivity index (χ3n) is 7.34. The minimum absolute atomic E-state index is 0.0820. The molecule has 34 heavy (non-hydrogen) atoms. The van der Waals surface area contributed by atoms with Gasteiger partial charge in [-0.1, -0.05) is 52.9 Å². The van der Waals surface area contributed by atoms with E-state index in [2.05, 4.69) is 26.1 Å². The summed E-state index contributed by atoms with van der Waals surface area (Å²) in [5.41, 5.74) is 0.0155. The highest BCUT2D eigenvalue weighted by molar-refractivity contribution is 5.78. The van der Waals surface area contributed by atoms with Crippen molar-refractivity contribution in [2.75, 3.05) is 13.2 Å². The molecule has 0 heterocycles. The number of nitrogens with one attached hydrogen (secondary N) is 1. The normalized spacial score (nSPS) is 25.1. The number of Topliss-reactive ketones (excluding diaryl/α,β-unsaturated/α-hetero) is 1. The molecular formula is C28H49NO5. The number of alkyl carbamates (subject to hydrolysis) is 1. The molecule has 0 saturated heterocycles. The molecule has 0 aromatic rings. The monoisotopic (exact) mass is 479 g/mol. The molecule has 0 bridgehead atoms. The van der Waals surface area contributed by atoms with Gasteiger partial charge in [0.2, 0.25) is 0 Å². The Bertz CT molecular complexity index is 668. The van der Waals surface area contributed by atoms with E-state index in [9.17, 15) is 14.4 Å². The van der Waals surface area contributed by atoms with Crippen molar-refractivity contribution in [2.24, 2.45) is 22.7 Å². The van der Waals surface area contributed by atoms with Crippen molar-refractivity contribution in [3.05, 3.63) is 0 Å². The van der Waals surface area contributed by atoms with Crippen LogP contribution in [0.5, 0.6) is 0 Å². The number of esters is 1. The molecule has 2 aliphatic rings. The van der Waals surface area contributed by atoms with Crippen molar-refractivity contribution in [2.45, 2.75) is 124 Å². The van der Waals surface area contributed by atoms with Crippen LogP contribution in [0, 0.1) is 22.7 Å². The van der Waals surface area contributed by atoms with Gasteiger partial charge in [0, 0.05) is 25.8 Å². The molecule has 1 amide bonds. The Balaban J connectivity index is 1.67. The van der Waals surface area contributed by atoms with Gasteiger partial charge in [-0.05, 0) is 68.6 Å². The van der Waals surface area contributed by atoms with Gasteiger partial charge in [0.25, 0.3) is 0 Å². The maximum atomic E-state index is 12.5. The highest BCUT2D eigenvalue weighted by Crippen LogP contribution is 2.49. The van der Waals surface area contributed by atoms with E-state index in [4.69, 9.17) is 9.47 Å². The molecule has 2 unspecified atom stereocenters. The molecule has 6 nitrogen and oxygen atoms in total. The minimum Gasteiger partial charge on any atom is -0.466 e. The Morgan fingerprint density at radius 3 is 2.32 bits per heavy atom. The molecule has 2 fully saturated rings. The van der Waals surface area contributed by atoms with Gasteiger partial charge in [-0.3, -0.25) is 9.59 Å². The number of carbonyl (C=O) groups excluding carboxylic acids is 3. The molecule has 2 atom stereocenters. The molecule has 0 radical (unpaired) electrons. The summed E-state index contributed by atoms with van der Waals surface area (Å²) in [4.78, 5) is 36.6. The van der Waals surface area contributed by atoms with E-state index in [1.165, 1.54) is 32.1 Å². The summed E-state index contributed by atoms with van der Waals surface area (Å²) >= 11 is 0. The van der Waals surface area contributed by atoms with Gasteiger partial charge in [-0.2, -0.15) is 0 Å². The molecule has 6 heteroatoms. The zero-order valence-corrected chi connectivity index (χ0v) is 22.4. The first-order valence-corrected chi connectivity index (χ1v) is 13.6. The van der Waals surface area contributed by atoms with Gasteiger partial charge in [0.1, 0.15) is 5.78 Å². The standard InChI is InChI=1S/C28H49NO5/c1-21(2)34-26(32)29-20-28(5)18-23(17-27(3,4)19-28)16-25(31)33-14-10-9-13-24(30)15-22-11-7-6-8-12-22/h21-23H,6-20H2,1-5H3,(H,29,32). The summed E-state index contributed by atoms with van der Waals surface area (Å²) < 4.78 is 10.7. The van der Waals surface area contributed by atoms with Gasteiger partial charge in [-0.25, -0.2) is 4.79 Å². The third kappa shape index (κ3) is 11.2. The first-order chi connectivity index (χ1) is 16.0. The Morgan fingerprint density at radius 2 is 1.65 bits per heavy atom. The Morgan fingerprint density at radius 1 is 0.941 bits per heavy atom. The Hall–Kier alpha value is -1.59. The van der Waals surface area contributed by atoms with E-state index in [-0.39, 0.29) is 34.9 Å². The lowest BCUT2D eigenvalue weighted by atomic mass is 9.60. The predicted molar refractivity (Wildman–Crippen MR) is 134 cm³/mol. The van der Waals surface area contributed by atoms with Gasteiger partial charge in [-0.15, -0.1) is 0 Å². The summed E-state index contributed by atoms with van der Waals surface area (Å²) in [6.07, 6.45) is 11.9. The number of unbranched alkanes of at least 4 members (excludes halogenated alkanes) is 1. The van der Waals surface area contributed by atoms with Crippen molar-refractivity contribution in [3.63, 3.8) is 0 Å². The van der Waals surface area contributed by atoms with E-state index in [0.29, 0.717) is 37.7 Å². The summed E-state index contributed by atoms with van der Waals surface area (Å²) in [5.74, 6) is 1.06. The fourth-order valence-corrected chi connectivity index (χ4v) is 6.39. The van der Waals surface area contributed by atoms with Crippen LogP contribution in [-0.2, 0) is 19.1 Å². The second-order valence-corrected chi connectivity index (χ2v) is 12.4. The van der Waals surface area contributed by atoms with E-state index < -0.39 is 0 Å². The quantitative estimate of drug-likeness (QED) is 0.252. The van der Waals surface area contributed by atoms with Crippen LogP contribution < -0.4 is 5.32 Å². The number of ether oxygens (including phenoxy) is 2. The summed E-state index contributed by atoms with van der Waals surface area (Å²) in [6.45, 7) is 11.3. The van der Waals surface area contributed by atoms with Crippen LogP contribution in [-0.4, -0.2) is 37.1 Å². The lowest BCUT2D eigenvalue weighted by molar-refractivity contribution is -0.146. The lowest BCUT2D eigenvalue weighted by Crippen LogP contribution is -2.44. The summed E-state index contributed by atoms with van der Waals surface area (Å²) in [5, 5.41) is 2.91. The average molecular weight is 480 g/mol. The predicted octanol–water partition coefficient (Wildman–Crippen LogP) is 6.60. The number of hydrogen-bond donors (Lipinski definition) is 1. The van der Waals surface area contributed by atoms with Crippen molar-refractivity contribution in [3.8, 4) is 0 Å². The summed E-state index contributed by atoms with van der Waals surface area (Å²) in [7, 11) is 0. The molecule has 0 aromatic carbocycles. The molecule has 1 N–H and O–H groups in total. The Labute approximate surface area is 207 Å².